The number of carbonyl (C=O) groups excluding carboxylic acids is 3. The fraction of sp³-hybridized carbons (Fsp3) is 0.350. The minimum Gasteiger partial charge on any atom is -0.311 e. The molecule has 134 valence electrons. The Morgan fingerprint density at radius 3 is 2.58 bits per heavy atom. The van der Waals surface area contributed by atoms with Crippen molar-refractivity contribution in [1.29, 1.82) is 0 Å². The monoisotopic (exact) mass is 351 g/mol. The highest BCUT2D eigenvalue weighted by molar-refractivity contribution is 6.26. The zero-order chi connectivity index (χ0) is 18.3. The van der Waals surface area contributed by atoms with Crippen LogP contribution in [0.15, 0.2) is 30.3 Å². The van der Waals surface area contributed by atoms with Crippen molar-refractivity contribution in [3.63, 3.8) is 0 Å². The maximum absolute atomic E-state index is 12.4. The summed E-state index contributed by atoms with van der Waals surface area (Å²) in [6, 6.07) is 8.99. The second-order valence-corrected chi connectivity index (χ2v) is 6.90. The Morgan fingerprint density at radius 2 is 1.85 bits per heavy atom. The maximum Gasteiger partial charge on any atom is 0.258 e. The van der Waals surface area contributed by atoms with Crippen LogP contribution in [-0.2, 0) is 4.79 Å². The number of likely N-dealkylation sites (tertiary alicyclic amines) is 1. The molecule has 2 heterocycles. The minimum atomic E-state index is -0.413. The van der Waals surface area contributed by atoms with Crippen molar-refractivity contribution >= 4 is 34.2 Å². The van der Waals surface area contributed by atoms with Crippen LogP contribution in [-0.4, -0.2) is 48.8 Å². The highest BCUT2D eigenvalue weighted by Crippen LogP contribution is 2.31. The lowest BCUT2D eigenvalue weighted by molar-refractivity contribution is -0.116. The van der Waals surface area contributed by atoms with Gasteiger partial charge in [-0.25, -0.2) is 0 Å². The first-order chi connectivity index (χ1) is 12.5. The van der Waals surface area contributed by atoms with E-state index >= 15 is 0 Å². The molecule has 0 unspecified atom stereocenters. The van der Waals surface area contributed by atoms with Gasteiger partial charge in [0.05, 0.1) is 5.56 Å². The number of rotatable bonds is 4. The quantitative estimate of drug-likeness (QED) is 0.857. The highest BCUT2D eigenvalue weighted by Gasteiger charge is 2.26. The zero-order valence-corrected chi connectivity index (χ0v) is 14.7. The summed E-state index contributed by atoms with van der Waals surface area (Å²) in [5, 5.41) is 3.84. The number of nitrogens with zero attached hydrogens (tertiary/aromatic N) is 2. The van der Waals surface area contributed by atoms with Crippen molar-refractivity contribution in [2.45, 2.75) is 19.8 Å². The average Bonchev–Trinajstić information content (AvgIpc) is 3.12. The van der Waals surface area contributed by atoms with Crippen molar-refractivity contribution in [2.24, 2.45) is 0 Å². The second-order valence-electron chi connectivity index (χ2n) is 6.90. The summed E-state index contributed by atoms with van der Waals surface area (Å²) in [4.78, 5) is 40.7. The molecule has 1 saturated heterocycles. The van der Waals surface area contributed by atoms with Crippen LogP contribution < -0.4 is 10.2 Å². The van der Waals surface area contributed by atoms with Gasteiger partial charge >= 0.3 is 0 Å². The molecule has 4 rings (SSSR count). The van der Waals surface area contributed by atoms with E-state index in [1.54, 1.807) is 30.0 Å². The summed E-state index contributed by atoms with van der Waals surface area (Å²) in [5.74, 6) is -0.846. The second kappa shape index (κ2) is 6.53. The molecule has 6 heteroatoms. The molecule has 0 aromatic heterocycles. The third kappa shape index (κ3) is 2.86. The topological polar surface area (TPSA) is 69.7 Å². The molecule has 0 radical (unpaired) electrons. The zero-order valence-electron chi connectivity index (χ0n) is 14.7. The fourth-order valence-electron chi connectivity index (χ4n) is 3.89. The van der Waals surface area contributed by atoms with Crippen molar-refractivity contribution in [2.75, 3.05) is 31.1 Å². The minimum absolute atomic E-state index is 0.0563. The van der Waals surface area contributed by atoms with E-state index in [2.05, 4.69) is 10.2 Å². The van der Waals surface area contributed by atoms with Crippen molar-refractivity contribution in [1.82, 2.24) is 10.2 Å². The number of hydrogen-bond acceptors (Lipinski definition) is 4. The summed E-state index contributed by atoms with van der Waals surface area (Å²) in [5.41, 5.74) is 1.64. The van der Waals surface area contributed by atoms with Gasteiger partial charge in [0.15, 0.2) is 0 Å². The molecule has 0 aliphatic carbocycles. The SMILES string of the molecule is CC(=O)N(CCN1CCCC1)c1cc2c3c(cccc3c1)C(=O)NC2=O. The molecule has 2 aliphatic rings. The summed E-state index contributed by atoms with van der Waals surface area (Å²) in [6.07, 6.45) is 2.41. The predicted octanol–water partition coefficient (Wildman–Crippen LogP) is 2.17. The Labute approximate surface area is 151 Å². The van der Waals surface area contributed by atoms with Crippen LogP contribution in [0.25, 0.3) is 10.8 Å². The van der Waals surface area contributed by atoms with Crippen LogP contribution in [0.4, 0.5) is 5.69 Å². The summed E-state index contributed by atoms with van der Waals surface area (Å²) >= 11 is 0. The van der Waals surface area contributed by atoms with Gasteiger partial charge in [-0.1, -0.05) is 12.1 Å². The van der Waals surface area contributed by atoms with Gasteiger partial charge < -0.3 is 9.80 Å². The molecule has 2 aliphatic heterocycles. The van der Waals surface area contributed by atoms with E-state index in [-0.39, 0.29) is 11.8 Å². The first-order valence-corrected chi connectivity index (χ1v) is 8.97. The van der Waals surface area contributed by atoms with Crippen LogP contribution >= 0.6 is 0 Å². The normalized spacial score (nSPS) is 16.8. The van der Waals surface area contributed by atoms with E-state index in [9.17, 15) is 14.4 Å². The maximum atomic E-state index is 12.4. The Kier molecular flexibility index (Phi) is 4.20. The number of nitrogens with one attached hydrogen (secondary N) is 1. The van der Waals surface area contributed by atoms with Crippen LogP contribution in [0.3, 0.4) is 0 Å². The van der Waals surface area contributed by atoms with Crippen LogP contribution in [0.1, 0.15) is 40.5 Å². The molecule has 2 aromatic rings. The van der Waals surface area contributed by atoms with Crippen LogP contribution in [0, 0.1) is 0 Å². The Balaban J connectivity index is 1.74. The van der Waals surface area contributed by atoms with Gasteiger partial charge in [-0.2, -0.15) is 0 Å². The average molecular weight is 351 g/mol. The number of amides is 3. The lowest BCUT2D eigenvalue weighted by Crippen LogP contribution is -2.38. The van der Waals surface area contributed by atoms with Crippen LogP contribution in [0.2, 0.25) is 0 Å². The number of hydrogen-bond donors (Lipinski definition) is 1. The van der Waals surface area contributed by atoms with Crippen molar-refractivity contribution in [3.8, 4) is 0 Å². The Hall–Kier alpha value is -2.73. The van der Waals surface area contributed by atoms with Gasteiger partial charge in [-0.3, -0.25) is 19.7 Å². The Bertz CT molecular complexity index is 916. The lowest BCUT2D eigenvalue weighted by Gasteiger charge is -2.26. The van der Waals surface area contributed by atoms with Gasteiger partial charge in [-0.15, -0.1) is 0 Å². The molecule has 2 aromatic carbocycles. The fourth-order valence-corrected chi connectivity index (χ4v) is 3.89. The third-order valence-corrected chi connectivity index (χ3v) is 5.21. The van der Waals surface area contributed by atoms with Gasteiger partial charge in [0.25, 0.3) is 11.8 Å². The molecule has 3 amide bonds. The smallest absolute Gasteiger partial charge is 0.258 e. The molecule has 26 heavy (non-hydrogen) atoms. The molecule has 1 fully saturated rings. The van der Waals surface area contributed by atoms with Gasteiger partial charge in [-0.05, 0) is 49.5 Å². The molecule has 6 nitrogen and oxygen atoms in total. The van der Waals surface area contributed by atoms with Crippen molar-refractivity contribution < 1.29 is 14.4 Å². The first-order valence-electron chi connectivity index (χ1n) is 8.97. The molecule has 1 N–H and O–H groups in total. The summed E-state index contributed by atoms with van der Waals surface area (Å²) in [6.45, 7) is 5.09. The summed E-state index contributed by atoms with van der Waals surface area (Å²) < 4.78 is 0. The van der Waals surface area contributed by atoms with E-state index < -0.39 is 5.91 Å². The number of anilines is 1. The van der Waals surface area contributed by atoms with E-state index in [0.29, 0.717) is 28.7 Å². The number of benzene rings is 2. The molecular formula is C20H21N3O3. The van der Waals surface area contributed by atoms with E-state index in [1.165, 1.54) is 12.8 Å². The van der Waals surface area contributed by atoms with Gasteiger partial charge in [0, 0.05) is 36.7 Å². The van der Waals surface area contributed by atoms with E-state index in [0.717, 1.165) is 25.0 Å². The lowest BCUT2D eigenvalue weighted by atomic mass is 9.94. The standard InChI is InChI=1S/C20H21N3O3/c1-13(24)23(10-9-22-7-2-3-8-22)15-11-14-5-4-6-16-18(14)17(12-15)20(26)21-19(16)25/h4-6,11-12H,2-3,7-10H2,1H3,(H,21,25,26). The van der Waals surface area contributed by atoms with E-state index in [1.807, 2.05) is 12.1 Å². The molecular weight excluding hydrogens is 330 g/mol. The molecule has 0 atom stereocenters. The van der Waals surface area contributed by atoms with Crippen LogP contribution in [0.5, 0.6) is 0 Å². The predicted molar refractivity (Wildman–Crippen MR) is 99.4 cm³/mol. The highest BCUT2D eigenvalue weighted by atomic mass is 16.2. The van der Waals surface area contributed by atoms with Crippen molar-refractivity contribution in [3.05, 3.63) is 41.5 Å². The Morgan fingerprint density at radius 1 is 1.12 bits per heavy atom. The third-order valence-electron chi connectivity index (χ3n) is 5.21. The summed E-state index contributed by atoms with van der Waals surface area (Å²) in [7, 11) is 0. The number of carbonyl (C=O) groups is 3. The number of imide groups is 1. The van der Waals surface area contributed by atoms with Gasteiger partial charge in [0.1, 0.15) is 0 Å². The molecule has 0 saturated carbocycles. The molecule has 0 bridgehead atoms. The largest absolute Gasteiger partial charge is 0.311 e. The van der Waals surface area contributed by atoms with E-state index in [4.69, 9.17) is 0 Å². The van der Waals surface area contributed by atoms with Gasteiger partial charge in [0.2, 0.25) is 5.91 Å². The molecule has 0 spiro atoms. The first kappa shape index (κ1) is 16.7.